The monoisotopic (exact) mass is 446 g/mol. The van der Waals surface area contributed by atoms with Gasteiger partial charge in [-0.1, -0.05) is 12.8 Å². The Kier molecular flexibility index (Phi) is 7.14. The SMILES string of the molecule is COc1ccc(C(=O)NCCCc2[nH]nc(N)c2C#N)cc1S(=O)(=O)NC1CCCC1. The van der Waals surface area contributed by atoms with Crippen LogP contribution in [-0.2, 0) is 16.4 Å². The van der Waals surface area contributed by atoms with E-state index in [2.05, 4.69) is 20.2 Å². The molecule has 31 heavy (non-hydrogen) atoms. The summed E-state index contributed by atoms with van der Waals surface area (Å²) in [6, 6.07) is 6.23. The molecule has 1 aromatic carbocycles. The number of methoxy groups -OCH3 is 1. The summed E-state index contributed by atoms with van der Waals surface area (Å²) < 4.78 is 33.6. The highest BCUT2D eigenvalue weighted by atomic mass is 32.2. The van der Waals surface area contributed by atoms with Crippen LogP contribution in [0.3, 0.4) is 0 Å². The number of amides is 1. The van der Waals surface area contributed by atoms with Gasteiger partial charge in [0.25, 0.3) is 5.91 Å². The minimum Gasteiger partial charge on any atom is -0.495 e. The van der Waals surface area contributed by atoms with E-state index in [1.807, 2.05) is 6.07 Å². The van der Waals surface area contributed by atoms with Gasteiger partial charge in [0, 0.05) is 18.2 Å². The second-order valence-corrected chi connectivity index (χ2v) is 9.08. The zero-order valence-electron chi connectivity index (χ0n) is 17.3. The van der Waals surface area contributed by atoms with Crippen molar-refractivity contribution in [2.24, 2.45) is 0 Å². The average molecular weight is 447 g/mol. The second-order valence-electron chi connectivity index (χ2n) is 7.40. The van der Waals surface area contributed by atoms with Gasteiger partial charge in [-0.25, -0.2) is 13.1 Å². The normalized spacial score (nSPS) is 14.3. The standard InChI is InChI=1S/C20H26N6O4S/c1-30-17-9-8-13(11-18(17)31(28,29)26-14-5-2-3-6-14)20(27)23-10-4-7-16-15(12-21)19(22)25-24-16/h8-9,11,14,26H,2-7,10H2,1H3,(H,23,27)(H3,22,24,25). The van der Waals surface area contributed by atoms with E-state index in [0.29, 0.717) is 30.6 Å². The van der Waals surface area contributed by atoms with E-state index in [9.17, 15) is 13.2 Å². The smallest absolute Gasteiger partial charge is 0.251 e. The summed E-state index contributed by atoms with van der Waals surface area (Å²) in [5.41, 5.74) is 6.75. The molecule has 1 aliphatic rings. The Morgan fingerprint density at radius 2 is 2.13 bits per heavy atom. The van der Waals surface area contributed by atoms with E-state index in [1.54, 1.807) is 0 Å². The van der Waals surface area contributed by atoms with Crippen molar-refractivity contribution in [3.63, 3.8) is 0 Å². The number of nitrogens with zero attached hydrogens (tertiary/aromatic N) is 2. The fourth-order valence-corrected chi connectivity index (χ4v) is 5.12. The predicted octanol–water partition coefficient (Wildman–Crippen LogP) is 1.46. The number of ether oxygens (including phenoxy) is 1. The lowest BCUT2D eigenvalue weighted by Crippen LogP contribution is -2.33. The van der Waals surface area contributed by atoms with Crippen LogP contribution in [0, 0.1) is 11.3 Å². The molecule has 1 saturated carbocycles. The number of H-pyrrole nitrogens is 1. The molecule has 166 valence electrons. The van der Waals surface area contributed by atoms with Crippen molar-refractivity contribution in [3.05, 3.63) is 35.0 Å². The fourth-order valence-electron chi connectivity index (χ4n) is 3.62. The summed E-state index contributed by atoms with van der Waals surface area (Å²) in [4.78, 5) is 12.5. The van der Waals surface area contributed by atoms with E-state index in [-0.39, 0.29) is 28.1 Å². The first-order valence-electron chi connectivity index (χ1n) is 10.1. The number of sulfonamides is 1. The van der Waals surface area contributed by atoms with Crippen LogP contribution in [0.5, 0.6) is 5.75 Å². The van der Waals surface area contributed by atoms with E-state index >= 15 is 0 Å². The zero-order valence-corrected chi connectivity index (χ0v) is 18.1. The molecule has 0 unspecified atom stereocenters. The maximum atomic E-state index is 12.9. The number of nitrogens with two attached hydrogens (primary N) is 1. The van der Waals surface area contributed by atoms with Crippen LogP contribution in [0.4, 0.5) is 5.82 Å². The van der Waals surface area contributed by atoms with Crippen LogP contribution in [0.1, 0.15) is 53.7 Å². The van der Waals surface area contributed by atoms with Gasteiger partial charge in [0.1, 0.15) is 22.3 Å². The average Bonchev–Trinajstić information content (AvgIpc) is 3.39. The van der Waals surface area contributed by atoms with Crippen LogP contribution >= 0.6 is 0 Å². The van der Waals surface area contributed by atoms with Gasteiger partial charge in [0.05, 0.1) is 12.8 Å². The first kappa shape index (κ1) is 22.6. The predicted molar refractivity (Wildman–Crippen MR) is 114 cm³/mol. The molecule has 11 heteroatoms. The number of carbonyl (C=O) groups excluding carboxylic acids is 1. The molecule has 10 nitrogen and oxygen atoms in total. The van der Waals surface area contributed by atoms with Crippen molar-refractivity contribution in [2.45, 2.75) is 49.5 Å². The number of hydrogen-bond acceptors (Lipinski definition) is 7. The summed E-state index contributed by atoms with van der Waals surface area (Å²) in [5, 5.41) is 18.4. The van der Waals surface area contributed by atoms with E-state index in [0.717, 1.165) is 25.7 Å². The molecule has 2 aromatic rings. The van der Waals surface area contributed by atoms with E-state index in [1.165, 1.54) is 25.3 Å². The maximum Gasteiger partial charge on any atom is 0.251 e. The molecule has 0 saturated heterocycles. The summed E-state index contributed by atoms with van der Waals surface area (Å²) in [6.07, 6.45) is 4.63. The van der Waals surface area contributed by atoms with Crippen molar-refractivity contribution in [2.75, 3.05) is 19.4 Å². The first-order chi connectivity index (χ1) is 14.9. The lowest BCUT2D eigenvalue weighted by atomic mass is 10.1. The van der Waals surface area contributed by atoms with Gasteiger partial charge in [-0.15, -0.1) is 0 Å². The number of nitrogens with one attached hydrogen (secondary N) is 3. The highest BCUT2D eigenvalue weighted by Crippen LogP contribution is 2.27. The molecule has 0 aliphatic heterocycles. The molecule has 3 rings (SSSR count). The largest absolute Gasteiger partial charge is 0.495 e. The number of hydrogen-bond donors (Lipinski definition) is 4. The minimum atomic E-state index is -3.82. The highest BCUT2D eigenvalue weighted by Gasteiger charge is 2.26. The summed E-state index contributed by atoms with van der Waals surface area (Å²) in [6.45, 7) is 0.330. The number of rotatable bonds is 9. The Morgan fingerprint density at radius 3 is 2.81 bits per heavy atom. The summed E-state index contributed by atoms with van der Waals surface area (Å²) in [5.74, 6) is -0.0627. The molecule has 1 fully saturated rings. The van der Waals surface area contributed by atoms with Gasteiger partial charge in [-0.2, -0.15) is 10.4 Å². The Morgan fingerprint density at radius 1 is 1.39 bits per heavy atom. The van der Waals surface area contributed by atoms with Gasteiger partial charge >= 0.3 is 0 Å². The third-order valence-corrected chi connectivity index (χ3v) is 6.80. The molecule has 1 aliphatic carbocycles. The van der Waals surface area contributed by atoms with Crippen molar-refractivity contribution in [1.29, 1.82) is 5.26 Å². The summed E-state index contributed by atoms with van der Waals surface area (Å²) in [7, 11) is -2.43. The summed E-state index contributed by atoms with van der Waals surface area (Å²) >= 11 is 0. The van der Waals surface area contributed by atoms with Crippen LogP contribution < -0.4 is 20.5 Å². The van der Waals surface area contributed by atoms with E-state index in [4.69, 9.17) is 15.7 Å². The van der Waals surface area contributed by atoms with Gasteiger partial charge in [-0.3, -0.25) is 9.89 Å². The fraction of sp³-hybridized carbons (Fsp3) is 0.450. The Labute approximate surface area is 181 Å². The van der Waals surface area contributed by atoms with Crippen molar-refractivity contribution in [3.8, 4) is 11.8 Å². The van der Waals surface area contributed by atoms with E-state index < -0.39 is 15.9 Å². The van der Waals surface area contributed by atoms with Gasteiger partial charge < -0.3 is 15.8 Å². The molecular weight excluding hydrogens is 420 g/mol. The number of benzene rings is 1. The van der Waals surface area contributed by atoms with Crippen LogP contribution in [0.25, 0.3) is 0 Å². The molecule has 0 atom stereocenters. The van der Waals surface area contributed by atoms with Crippen molar-refractivity contribution in [1.82, 2.24) is 20.2 Å². The van der Waals surface area contributed by atoms with Gasteiger partial charge in [0.15, 0.2) is 5.82 Å². The number of aryl methyl sites for hydroxylation is 1. The molecule has 1 aromatic heterocycles. The number of aromatic nitrogens is 2. The van der Waals surface area contributed by atoms with Crippen molar-refractivity contribution < 1.29 is 17.9 Å². The van der Waals surface area contributed by atoms with Crippen LogP contribution in [0.2, 0.25) is 0 Å². The van der Waals surface area contributed by atoms with Gasteiger partial charge in [-0.05, 0) is 43.9 Å². The Balaban J connectivity index is 1.64. The second kappa shape index (κ2) is 9.80. The Hall–Kier alpha value is -3.10. The quantitative estimate of drug-likeness (QED) is 0.424. The third-order valence-electron chi connectivity index (χ3n) is 5.26. The number of carbonyl (C=O) groups is 1. The molecule has 0 bridgehead atoms. The minimum absolute atomic E-state index is 0.0545. The maximum absolute atomic E-state index is 12.9. The number of nitrogen functional groups attached to an aromatic ring is 1. The van der Waals surface area contributed by atoms with Gasteiger partial charge in [0.2, 0.25) is 10.0 Å². The molecule has 5 N–H and O–H groups in total. The molecule has 1 amide bonds. The van der Waals surface area contributed by atoms with Crippen molar-refractivity contribution >= 4 is 21.7 Å². The Bertz CT molecular complexity index is 1080. The lowest BCUT2D eigenvalue weighted by Gasteiger charge is -2.15. The molecule has 0 spiro atoms. The van der Waals surface area contributed by atoms with Crippen LogP contribution in [0.15, 0.2) is 23.1 Å². The number of anilines is 1. The molecular formula is C20H26N6O4S. The molecule has 0 radical (unpaired) electrons. The lowest BCUT2D eigenvalue weighted by molar-refractivity contribution is 0.0953. The topological polar surface area (TPSA) is 163 Å². The number of aromatic amines is 1. The first-order valence-corrected chi connectivity index (χ1v) is 11.6. The third kappa shape index (κ3) is 5.34. The zero-order chi connectivity index (χ0) is 22.4. The molecule has 1 heterocycles. The van der Waals surface area contributed by atoms with Crippen LogP contribution in [-0.4, -0.2) is 44.2 Å². The highest BCUT2D eigenvalue weighted by molar-refractivity contribution is 7.89. The number of nitriles is 1.